The Balaban J connectivity index is 0.00000169. The molecule has 0 amide bonds. The molecule has 5 heteroatoms. The van der Waals surface area contributed by atoms with Crippen LogP contribution in [0.15, 0.2) is 12.1 Å². The zero-order valence-electron chi connectivity index (χ0n) is 7.71. The molecule has 0 saturated heterocycles. The van der Waals surface area contributed by atoms with E-state index in [1.54, 1.807) is 12.1 Å². The van der Waals surface area contributed by atoms with Crippen molar-refractivity contribution in [1.82, 2.24) is 0 Å². The van der Waals surface area contributed by atoms with Crippen molar-refractivity contribution < 1.29 is 4.79 Å². The van der Waals surface area contributed by atoms with Gasteiger partial charge in [0.05, 0.1) is 6.54 Å². The number of carbonyl (C=O) groups excluding carboxylic acids is 1. The van der Waals surface area contributed by atoms with E-state index in [0.717, 1.165) is 5.56 Å². The second-order valence-corrected chi connectivity index (χ2v) is 3.22. The van der Waals surface area contributed by atoms with Gasteiger partial charge in [-0.2, -0.15) is 0 Å². The molecule has 0 aromatic heterocycles. The third-order valence-corrected chi connectivity index (χ3v) is 2.22. The molecule has 0 aliphatic carbocycles. The summed E-state index contributed by atoms with van der Waals surface area (Å²) in [5.74, 6) is -0.169. The van der Waals surface area contributed by atoms with Crippen molar-refractivity contribution in [3.63, 3.8) is 0 Å². The smallest absolute Gasteiger partial charge is 0.178 e. The summed E-state index contributed by atoms with van der Waals surface area (Å²) in [5, 5.41) is 0.561. The molecule has 0 radical (unpaired) electrons. The van der Waals surface area contributed by atoms with Crippen molar-refractivity contribution >= 4 is 35.5 Å². The topological polar surface area (TPSA) is 69.1 Å². The van der Waals surface area contributed by atoms with Crippen molar-refractivity contribution in [2.45, 2.75) is 6.92 Å². The van der Waals surface area contributed by atoms with Crippen LogP contribution in [0.4, 0.5) is 5.69 Å². The van der Waals surface area contributed by atoms with Crippen molar-refractivity contribution in [3.05, 3.63) is 28.3 Å². The average Bonchev–Trinajstić information content (AvgIpc) is 2.10. The average molecular weight is 235 g/mol. The zero-order chi connectivity index (χ0) is 10.0. The summed E-state index contributed by atoms with van der Waals surface area (Å²) in [6.45, 7) is 1.78. The third kappa shape index (κ3) is 2.61. The van der Waals surface area contributed by atoms with Gasteiger partial charge >= 0.3 is 0 Å². The molecular weight excluding hydrogens is 223 g/mol. The lowest BCUT2D eigenvalue weighted by Crippen LogP contribution is -2.15. The predicted molar refractivity (Wildman–Crippen MR) is 61.2 cm³/mol. The highest BCUT2D eigenvalue weighted by Gasteiger charge is 2.09. The lowest BCUT2D eigenvalue weighted by atomic mass is 10.1. The van der Waals surface area contributed by atoms with Crippen LogP contribution in [0, 0.1) is 6.92 Å². The molecule has 1 aromatic rings. The maximum Gasteiger partial charge on any atom is 0.178 e. The van der Waals surface area contributed by atoms with E-state index < -0.39 is 0 Å². The van der Waals surface area contributed by atoms with Gasteiger partial charge in [-0.05, 0) is 24.6 Å². The Hall–Kier alpha value is -0.770. The molecule has 0 saturated carbocycles. The molecule has 0 aliphatic rings. The first-order valence-corrected chi connectivity index (χ1v) is 4.23. The highest BCUT2D eigenvalue weighted by Crippen LogP contribution is 2.22. The number of Topliss-reactive ketones (excluding diaryl/α,β-unsaturated/α-hetero) is 1. The van der Waals surface area contributed by atoms with E-state index >= 15 is 0 Å². The summed E-state index contributed by atoms with van der Waals surface area (Å²) < 4.78 is 0. The van der Waals surface area contributed by atoms with Crippen LogP contribution in [-0.2, 0) is 0 Å². The fourth-order valence-corrected chi connectivity index (χ4v) is 1.22. The van der Waals surface area contributed by atoms with Gasteiger partial charge in [-0.25, -0.2) is 0 Å². The summed E-state index contributed by atoms with van der Waals surface area (Å²) in [4.78, 5) is 11.2. The standard InChI is InChI=1S/C9H11ClN2O.ClH/c1-5-2-6(9(13)4-11)8(12)3-7(5)10;/h2-3H,4,11-12H2,1H3;1H. The molecular formula is C9H12Cl2N2O. The van der Waals surface area contributed by atoms with E-state index in [2.05, 4.69) is 0 Å². The highest BCUT2D eigenvalue weighted by atomic mass is 35.5. The first kappa shape index (κ1) is 13.2. The van der Waals surface area contributed by atoms with Crippen LogP contribution in [0.1, 0.15) is 15.9 Å². The molecule has 0 fully saturated rings. The van der Waals surface area contributed by atoms with Crippen LogP contribution >= 0.6 is 24.0 Å². The van der Waals surface area contributed by atoms with Crippen LogP contribution in [0.25, 0.3) is 0 Å². The summed E-state index contributed by atoms with van der Waals surface area (Å²) in [7, 11) is 0. The maximum absolute atomic E-state index is 11.2. The van der Waals surface area contributed by atoms with E-state index in [4.69, 9.17) is 23.1 Å². The fourth-order valence-electron chi connectivity index (χ4n) is 1.05. The number of benzene rings is 1. The molecule has 14 heavy (non-hydrogen) atoms. The second-order valence-electron chi connectivity index (χ2n) is 2.82. The van der Waals surface area contributed by atoms with Gasteiger partial charge in [0.2, 0.25) is 0 Å². The second kappa shape index (κ2) is 5.20. The number of hydrogen-bond acceptors (Lipinski definition) is 3. The van der Waals surface area contributed by atoms with Crippen LogP contribution < -0.4 is 11.5 Å². The number of anilines is 1. The zero-order valence-corrected chi connectivity index (χ0v) is 9.28. The quantitative estimate of drug-likeness (QED) is 0.606. The van der Waals surface area contributed by atoms with Gasteiger partial charge < -0.3 is 11.5 Å². The van der Waals surface area contributed by atoms with Gasteiger partial charge in [0, 0.05) is 16.3 Å². The molecule has 0 atom stereocenters. The van der Waals surface area contributed by atoms with Crippen molar-refractivity contribution in [2.24, 2.45) is 5.73 Å². The van der Waals surface area contributed by atoms with E-state index in [1.165, 1.54) is 0 Å². The van der Waals surface area contributed by atoms with Crippen molar-refractivity contribution in [1.29, 1.82) is 0 Å². The lowest BCUT2D eigenvalue weighted by Gasteiger charge is -2.05. The molecule has 0 bridgehead atoms. The SMILES string of the molecule is Cc1cc(C(=O)CN)c(N)cc1Cl.Cl. The molecule has 0 unspecified atom stereocenters. The Labute approximate surface area is 93.8 Å². The Morgan fingerprint density at radius 1 is 1.50 bits per heavy atom. The first-order valence-electron chi connectivity index (χ1n) is 3.85. The van der Waals surface area contributed by atoms with Gasteiger partial charge in [0.1, 0.15) is 0 Å². The molecule has 0 heterocycles. The minimum absolute atomic E-state index is 0. The summed E-state index contributed by atoms with van der Waals surface area (Å²) in [6, 6.07) is 3.23. The van der Waals surface area contributed by atoms with Gasteiger partial charge in [0.15, 0.2) is 5.78 Å². The minimum Gasteiger partial charge on any atom is -0.398 e. The monoisotopic (exact) mass is 234 g/mol. The van der Waals surface area contributed by atoms with E-state index in [0.29, 0.717) is 16.3 Å². The molecule has 0 aliphatic heterocycles. The number of hydrogen-bond donors (Lipinski definition) is 2. The van der Waals surface area contributed by atoms with Crippen LogP contribution in [0.2, 0.25) is 5.02 Å². The van der Waals surface area contributed by atoms with Crippen LogP contribution in [0.3, 0.4) is 0 Å². The molecule has 3 nitrogen and oxygen atoms in total. The molecule has 0 spiro atoms. The van der Waals surface area contributed by atoms with Gasteiger partial charge in [-0.1, -0.05) is 11.6 Å². The molecule has 78 valence electrons. The van der Waals surface area contributed by atoms with Crippen LogP contribution in [0.5, 0.6) is 0 Å². The number of ketones is 1. The fraction of sp³-hybridized carbons (Fsp3) is 0.222. The minimum atomic E-state index is -0.169. The van der Waals surface area contributed by atoms with E-state index in [1.807, 2.05) is 6.92 Å². The van der Waals surface area contributed by atoms with E-state index in [-0.39, 0.29) is 24.7 Å². The van der Waals surface area contributed by atoms with Gasteiger partial charge in [-0.3, -0.25) is 4.79 Å². The number of carbonyl (C=O) groups is 1. The molecule has 1 rings (SSSR count). The largest absolute Gasteiger partial charge is 0.398 e. The number of halogens is 2. The van der Waals surface area contributed by atoms with Crippen LogP contribution in [-0.4, -0.2) is 12.3 Å². The van der Waals surface area contributed by atoms with Crippen molar-refractivity contribution in [2.75, 3.05) is 12.3 Å². The number of rotatable bonds is 2. The molecule has 1 aromatic carbocycles. The first-order chi connectivity index (χ1) is 6.06. The normalized spacial score (nSPS) is 9.36. The Kier molecular flexibility index (Phi) is 4.91. The van der Waals surface area contributed by atoms with Gasteiger partial charge in [0.25, 0.3) is 0 Å². The lowest BCUT2D eigenvalue weighted by molar-refractivity contribution is 0.100. The van der Waals surface area contributed by atoms with Crippen molar-refractivity contribution in [3.8, 4) is 0 Å². The highest BCUT2D eigenvalue weighted by molar-refractivity contribution is 6.31. The molecule has 4 N–H and O–H groups in total. The maximum atomic E-state index is 11.2. The number of aryl methyl sites for hydroxylation is 1. The number of nitrogens with two attached hydrogens (primary N) is 2. The summed E-state index contributed by atoms with van der Waals surface area (Å²) in [6.07, 6.45) is 0. The Morgan fingerprint density at radius 2 is 2.07 bits per heavy atom. The summed E-state index contributed by atoms with van der Waals surface area (Å²) >= 11 is 5.81. The van der Waals surface area contributed by atoms with E-state index in [9.17, 15) is 4.79 Å². The third-order valence-electron chi connectivity index (χ3n) is 1.82. The predicted octanol–water partition coefficient (Wildman–Crippen LogP) is 1.79. The van der Waals surface area contributed by atoms with Gasteiger partial charge in [-0.15, -0.1) is 12.4 Å². The Bertz CT molecular complexity index is 353. The number of nitrogen functional groups attached to an aromatic ring is 1. The summed E-state index contributed by atoms with van der Waals surface area (Å²) in [5.41, 5.74) is 12.5. The Morgan fingerprint density at radius 3 is 2.57 bits per heavy atom.